The normalized spacial score (nSPS) is 24.0. The van der Waals surface area contributed by atoms with Crippen molar-refractivity contribution < 1.29 is 19.0 Å². The third-order valence-corrected chi connectivity index (χ3v) is 5.28. The zero-order valence-corrected chi connectivity index (χ0v) is 15.7. The molecule has 0 saturated carbocycles. The van der Waals surface area contributed by atoms with Crippen LogP contribution in [0.15, 0.2) is 24.3 Å². The highest BCUT2D eigenvalue weighted by Gasteiger charge is 2.44. The quantitative estimate of drug-likeness (QED) is 0.833. The number of hydrogen-bond acceptors (Lipinski definition) is 4. The molecule has 1 heterocycles. The Labute approximate surface area is 150 Å². The summed E-state index contributed by atoms with van der Waals surface area (Å²) in [5.41, 5.74) is 1.35. The molecule has 1 atom stereocenters. The summed E-state index contributed by atoms with van der Waals surface area (Å²) < 4.78 is 17.5. The van der Waals surface area contributed by atoms with Gasteiger partial charge in [0.1, 0.15) is 5.60 Å². The topological polar surface area (TPSA) is 48.0 Å². The van der Waals surface area contributed by atoms with E-state index in [-0.39, 0.29) is 17.9 Å². The van der Waals surface area contributed by atoms with Crippen LogP contribution in [0.25, 0.3) is 0 Å². The zero-order chi connectivity index (χ0) is 18.1. The minimum absolute atomic E-state index is 0.299. The van der Waals surface area contributed by atoms with Crippen molar-refractivity contribution >= 4 is 6.09 Å². The molecule has 5 nitrogen and oxygen atoms in total. The Morgan fingerprint density at radius 2 is 1.96 bits per heavy atom. The summed E-state index contributed by atoms with van der Waals surface area (Å²) in [5, 5.41) is 0. The first-order valence-corrected chi connectivity index (χ1v) is 9.10. The van der Waals surface area contributed by atoms with Crippen molar-refractivity contribution in [2.45, 2.75) is 63.9 Å². The molecule has 3 rings (SSSR count). The lowest BCUT2D eigenvalue weighted by atomic mass is 9.77. The molecule has 0 aromatic heterocycles. The molecular formula is C20H29NO4. The summed E-state index contributed by atoms with van der Waals surface area (Å²) in [7, 11) is 1.79. The molecule has 0 N–H and O–H groups in total. The van der Waals surface area contributed by atoms with Gasteiger partial charge in [-0.3, -0.25) is 0 Å². The van der Waals surface area contributed by atoms with Crippen molar-refractivity contribution in [2.75, 3.05) is 20.3 Å². The number of rotatable bonds is 3. The highest BCUT2D eigenvalue weighted by molar-refractivity contribution is 5.69. The Kier molecular flexibility index (Phi) is 5.07. The number of hydrogen-bond donors (Lipinski definition) is 0. The van der Waals surface area contributed by atoms with Crippen molar-refractivity contribution in [3.63, 3.8) is 0 Å². The summed E-state index contributed by atoms with van der Waals surface area (Å²) in [6.07, 6.45) is 2.69. The van der Waals surface area contributed by atoms with Gasteiger partial charge in [0.05, 0.1) is 13.2 Å². The lowest BCUT2D eigenvalue weighted by molar-refractivity contribution is -0.119. The maximum atomic E-state index is 12.9. The minimum Gasteiger partial charge on any atom is -0.438 e. The monoisotopic (exact) mass is 347 g/mol. The van der Waals surface area contributed by atoms with Gasteiger partial charge in [0.2, 0.25) is 0 Å². The fourth-order valence-corrected chi connectivity index (χ4v) is 3.55. The Hall–Kier alpha value is -1.59. The van der Waals surface area contributed by atoms with Crippen LogP contribution in [0.1, 0.15) is 51.2 Å². The van der Waals surface area contributed by atoms with Gasteiger partial charge in [0, 0.05) is 19.0 Å². The second-order valence-electron chi connectivity index (χ2n) is 7.98. The first-order valence-electron chi connectivity index (χ1n) is 9.10. The summed E-state index contributed by atoms with van der Waals surface area (Å²) >= 11 is 0. The molecule has 2 aliphatic rings. The summed E-state index contributed by atoms with van der Waals surface area (Å²) in [6.45, 7) is 7.19. The van der Waals surface area contributed by atoms with Gasteiger partial charge in [-0.1, -0.05) is 24.3 Å². The number of nitrogens with zero attached hydrogens (tertiary/aromatic N) is 1. The molecule has 1 aromatic rings. The van der Waals surface area contributed by atoms with Gasteiger partial charge in [0.25, 0.3) is 0 Å². The molecule has 1 saturated heterocycles. The second-order valence-corrected chi connectivity index (χ2v) is 7.98. The molecule has 1 fully saturated rings. The minimum atomic E-state index is -0.694. The van der Waals surface area contributed by atoms with E-state index in [0.29, 0.717) is 19.6 Å². The van der Waals surface area contributed by atoms with Crippen LogP contribution in [-0.2, 0) is 26.2 Å². The molecule has 1 aromatic carbocycles. The van der Waals surface area contributed by atoms with E-state index in [9.17, 15) is 4.79 Å². The van der Waals surface area contributed by atoms with E-state index in [2.05, 4.69) is 12.1 Å². The molecule has 0 radical (unpaired) electrons. The Morgan fingerprint density at radius 1 is 1.28 bits per heavy atom. The third kappa shape index (κ3) is 3.82. The molecule has 0 spiro atoms. The van der Waals surface area contributed by atoms with Crippen molar-refractivity contribution in [3.8, 4) is 0 Å². The zero-order valence-electron chi connectivity index (χ0n) is 15.7. The number of amides is 1. The fraction of sp³-hybridized carbons (Fsp3) is 0.650. The lowest BCUT2D eigenvalue weighted by Crippen LogP contribution is -2.48. The van der Waals surface area contributed by atoms with Gasteiger partial charge in [-0.2, -0.15) is 0 Å². The van der Waals surface area contributed by atoms with Gasteiger partial charge >= 0.3 is 6.09 Å². The number of carbonyl (C=O) groups is 1. The predicted molar refractivity (Wildman–Crippen MR) is 95.4 cm³/mol. The molecular weight excluding hydrogens is 318 g/mol. The number of aryl methyl sites for hydroxylation is 1. The van der Waals surface area contributed by atoms with Crippen molar-refractivity contribution in [3.05, 3.63) is 35.4 Å². The second kappa shape index (κ2) is 6.96. The molecule has 1 amide bonds. The van der Waals surface area contributed by atoms with E-state index in [1.807, 2.05) is 32.9 Å². The Balaban J connectivity index is 1.92. The molecule has 5 heteroatoms. The van der Waals surface area contributed by atoms with E-state index >= 15 is 0 Å². The van der Waals surface area contributed by atoms with Crippen molar-refractivity contribution in [1.82, 2.24) is 4.90 Å². The average Bonchev–Trinajstić information content (AvgIpc) is 3.06. The average molecular weight is 347 g/mol. The molecule has 1 aliphatic heterocycles. The lowest BCUT2D eigenvalue weighted by Gasteiger charge is -2.42. The smallest absolute Gasteiger partial charge is 0.410 e. The van der Waals surface area contributed by atoms with Gasteiger partial charge in [0.15, 0.2) is 6.29 Å². The third-order valence-electron chi connectivity index (χ3n) is 5.28. The number of fused-ring (bicyclic) bond motifs is 1. The summed E-state index contributed by atoms with van der Waals surface area (Å²) in [5.74, 6) is 0. The van der Waals surface area contributed by atoms with Crippen LogP contribution in [0, 0.1) is 0 Å². The predicted octanol–water partition coefficient (Wildman–Crippen LogP) is 3.85. The van der Waals surface area contributed by atoms with Crippen LogP contribution in [0.4, 0.5) is 4.79 Å². The maximum Gasteiger partial charge on any atom is 0.410 e. The molecule has 0 bridgehead atoms. The highest BCUT2D eigenvalue weighted by Crippen LogP contribution is 2.43. The van der Waals surface area contributed by atoms with Crippen LogP contribution in [0.5, 0.6) is 0 Å². The van der Waals surface area contributed by atoms with E-state index in [0.717, 1.165) is 24.8 Å². The van der Waals surface area contributed by atoms with Gasteiger partial charge in [-0.15, -0.1) is 0 Å². The van der Waals surface area contributed by atoms with Crippen LogP contribution < -0.4 is 0 Å². The van der Waals surface area contributed by atoms with Crippen LogP contribution in [0.2, 0.25) is 0 Å². The van der Waals surface area contributed by atoms with Crippen molar-refractivity contribution in [2.24, 2.45) is 0 Å². The Bertz CT molecular complexity index is 618. The van der Waals surface area contributed by atoms with Gasteiger partial charge < -0.3 is 19.1 Å². The molecule has 1 aliphatic carbocycles. The molecule has 138 valence electrons. The first kappa shape index (κ1) is 18.2. The van der Waals surface area contributed by atoms with E-state index < -0.39 is 5.60 Å². The van der Waals surface area contributed by atoms with Crippen molar-refractivity contribution in [1.29, 1.82) is 0 Å². The van der Waals surface area contributed by atoms with E-state index in [1.54, 1.807) is 11.9 Å². The fourth-order valence-electron chi connectivity index (χ4n) is 3.55. The van der Waals surface area contributed by atoms with Crippen LogP contribution in [0.3, 0.4) is 0 Å². The van der Waals surface area contributed by atoms with E-state index in [4.69, 9.17) is 14.2 Å². The van der Waals surface area contributed by atoms with Crippen LogP contribution >= 0.6 is 0 Å². The van der Waals surface area contributed by atoms with E-state index in [1.165, 1.54) is 5.56 Å². The molecule has 1 unspecified atom stereocenters. The van der Waals surface area contributed by atoms with Gasteiger partial charge in [-0.05, 0) is 51.2 Å². The standard InChI is InChI=1S/C20H29NO4/c1-19(2,3)21(4)18(22)25-20(14-17-23-12-13-24-17)11-7-9-15-8-5-6-10-16(15)20/h5-6,8,10,17H,7,9,11-14H2,1-4H3. The highest BCUT2D eigenvalue weighted by atomic mass is 16.7. The SMILES string of the molecule is CN(C(=O)OC1(CC2OCCO2)CCCc2ccccc21)C(C)(C)C. The maximum absolute atomic E-state index is 12.9. The largest absolute Gasteiger partial charge is 0.438 e. The summed E-state index contributed by atoms with van der Waals surface area (Å²) in [6, 6.07) is 8.26. The molecule has 25 heavy (non-hydrogen) atoms. The van der Waals surface area contributed by atoms with Gasteiger partial charge in [-0.25, -0.2) is 4.79 Å². The summed E-state index contributed by atoms with van der Waals surface area (Å²) in [4.78, 5) is 14.5. The first-order chi connectivity index (χ1) is 11.8. The number of carbonyl (C=O) groups excluding carboxylic acids is 1. The number of benzene rings is 1. The Morgan fingerprint density at radius 3 is 2.64 bits per heavy atom. The van der Waals surface area contributed by atoms with Crippen LogP contribution in [-0.4, -0.2) is 43.1 Å². The number of ether oxygens (including phenoxy) is 3.